The largest absolute Gasteiger partial charge is 0.355 e. The van der Waals surface area contributed by atoms with Crippen LogP contribution in [0, 0.1) is 0 Å². The maximum atomic E-state index is 5.38. The van der Waals surface area contributed by atoms with Gasteiger partial charge in [0.25, 0.3) is 0 Å². The van der Waals surface area contributed by atoms with E-state index in [2.05, 4.69) is 89.6 Å². The Kier molecular flexibility index (Phi) is 8.54. The zero-order valence-electron chi connectivity index (χ0n) is 26.2. The van der Waals surface area contributed by atoms with Crippen molar-refractivity contribution in [1.82, 2.24) is 19.9 Å². The molecule has 0 aromatic carbocycles. The smallest absolute Gasteiger partial charge is 0.0465 e. The molecule has 4 nitrogen and oxygen atoms in total. The summed E-state index contributed by atoms with van der Waals surface area (Å²) in [5, 5.41) is 0. The molecule has 8 bridgehead atoms. The lowest BCUT2D eigenvalue weighted by Gasteiger charge is -2.16. The molecule has 0 saturated carbocycles. The van der Waals surface area contributed by atoms with Gasteiger partial charge in [0.2, 0.25) is 0 Å². The molecule has 2 aliphatic rings. The molecule has 0 amide bonds. The molecular formula is C36H50N4. The van der Waals surface area contributed by atoms with Gasteiger partial charge in [0.1, 0.15) is 0 Å². The number of fused-ring (bicyclic) bond motifs is 8. The highest BCUT2D eigenvalue weighted by molar-refractivity contribution is 5.74. The number of nitrogens with one attached hydrogen (secondary N) is 2. The van der Waals surface area contributed by atoms with Gasteiger partial charge in [-0.15, -0.1) is 0 Å². The van der Waals surface area contributed by atoms with E-state index in [9.17, 15) is 0 Å². The summed E-state index contributed by atoms with van der Waals surface area (Å²) < 4.78 is 0. The highest BCUT2D eigenvalue weighted by atomic mass is 14.8. The van der Waals surface area contributed by atoms with Gasteiger partial charge in [-0.25, -0.2) is 0 Å². The Balaban J connectivity index is 1.97. The van der Waals surface area contributed by atoms with Gasteiger partial charge in [-0.1, -0.05) is 55.4 Å². The third-order valence-corrected chi connectivity index (χ3v) is 9.92. The van der Waals surface area contributed by atoms with E-state index in [4.69, 9.17) is 9.97 Å². The van der Waals surface area contributed by atoms with Crippen molar-refractivity contribution in [3.8, 4) is 0 Å². The van der Waals surface area contributed by atoms with Gasteiger partial charge in [-0.05, 0) is 97.9 Å². The lowest BCUT2D eigenvalue weighted by molar-refractivity contribution is 0.533. The average Bonchev–Trinajstić information content (AvgIpc) is 3.67. The zero-order valence-corrected chi connectivity index (χ0v) is 26.2. The van der Waals surface area contributed by atoms with Gasteiger partial charge in [0.05, 0.1) is 0 Å². The van der Waals surface area contributed by atoms with Crippen molar-refractivity contribution in [1.29, 1.82) is 0 Å². The van der Waals surface area contributed by atoms with Crippen LogP contribution in [-0.2, 0) is 25.7 Å². The summed E-state index contributed by atoms with van der Waals surface area (Å²) in [6, 6.07) is 9.52. The van der Waals surface area contributed by atoms with Gasteiger partial charge in [0, 0.05) is 68.5 Å². The quantitative estimate of drug-likeness (QED) is 0.300. The van der Waals surface area contributed by atoms with Crippen molar-refractivity contribution in [2.75, 3.05) is 0 Å². The summed E-state index contributed by atoms with van der Waals surface area (Å²) in [6.07, 6.45) is 8.46. The van der Waals surface area contributed by atoms with Crippen LogP contribution in [0.15, 0.2) is 24.3 Å². The number of hydrogen-bond donors (Lipinski definition) is 2. The van der Waals surface area contributed by atoms with Gasteiger partial charge >= 0.3 is 0 Å². The van der Waals surface area contributed by atoms with Crippen molar-refractivity contribution in [2.45, 2.75) is 130 Å². The fourth-order valence-corrected chi connectivity index (χ4v) is 7.93. The first kappa shape index (κ1) is 28.6. The molecule has 40 heavy (non-hydrogen) atoms. The molecule has 0 radical (unpaired) electrons. The lowest BCUT2D eigenvalue weighted by atomic mass is 9.85. The highest BCUT2D eigenvalue weighted by Gasteiger charge is 2.31. The number of nitrogens with zero attached hydrogens (tertiary/aromatic N) is 2. The fraction of sp³-hybridized carbons (Fsp3) is 0.556. The van der Waals surface area contributed by atoms with Crippen LogP contribution >= 0.6 is 0 Å². The number of aryl methyl sites for hydroxylation is 4. The van der Waals surface area contributed by atoms with Crippen LogP contribution in [0.25, 0.3) is 22.1 Å². The summed E-state index contributed by atoms with van der Waals surface area (Å²) >= 11 is 0. The molecule has 214 valence electrons. The average molecular weight is 539 g/mol. The molecule has 0 fully saturated rings. The molecule has 5 rings (SSSR count). The fourth-order valence-electron chi connectivity index (χ4n) is 7.93. The van der Waals surface area contributed by atoms with Crippen molar-refractivity contribution in [3.05, 3.63) is 69.3 Å². The van der Waals surface area contributed by atoms with E-state index in [1.54, 1.807) is 0 Å². The monoisotopic (exact) mass is 538 g/mol. The van der Waals surface area contributed by atoms with E-state index < -0.39 is 0 Å². The molecule has 5 heterocycles. The topological polar surface area (TPSA) is 57.4 Å². The standard InChI is InChI=1S/C36H50N4/c1-9-21-22(10-2)30-18-32-25(13-5)26(14-6)34(39-32)20-36-28(16-8)27(15-7)35(40-36)19-33-24(12-4)23(11-3)31(38-33)17-29(21)37-30/h17-22,27-28,38-39H,9-16H2,1-8H3. The predicted molar refractivity (Wildman–Crippen MR) is 171 cm³/mol. The molecule has 4 heteroatoms. The van der Waals surface area contributed by atoms with E-state index in [-0.39, 0.29) is 0 Å². The Morgan fingerprint density at radius 2 is 0.650 bits per heavy atom. The third kappa shape index (κ3) is 4.72. The van der Waals surface area contributed by atoms with Gasteiger partial charge in [-0.3, -0.25) is 9.97 Å². The van der Waals surface area contributed by atoms with Crippen LogP contribution in [0.3, 0.4) is 0 Å². The van der Waals surface area contributed by atoms with Crippen LogP contribution in [0.2, 0.25) is 0 Å². The molecule has 0 aliphatic carbocycles. The van der Waals surface area contributed by atoms with Gasteiger partial charge in [0.15, 0.2) is 0 Å². The van der Waals surface area contributed by atoms with Crippen molar-refractivity contribution >= 4 is 22.1 Å². The van der Waals surface area contributed by atoms with E-state index >= 15 is 0 Å². The number of hydrogen-bond acceptors (Lipinski definition) is 2. The molecule has 2 aliphatic heterocycles. The SMILES string of the molecule is CCc1c(CC)c2cc3nc(cc4[nH]c(cc5nc(cc1[nH]2)C(CC)C5CC)c(CC)c4CC)C(CC)C3CC. The summed E-state index contributed by atoms with van der Waals surface area (Å²) in [5.74, 6) is 1.78. The van der Waals surface area contributed by atoms with E-state index in [1.807, 2.05) is 0 Å². The van der Waals surface area contributed by atoms with Crippen LogP contribution in [0.5, 0.6) is 0 Å². The zero-order chi connectivity index (χ0) is 28.6. The highest BCUT2D eigenvalue weighted by Crippen LogP contribution is 2.43. The Hall–Kier alpha value is -2.88. The molecule has 4 atom stereocenters. The van der Waals surface area contributed by atoms with Crippen molar-refractivity contribution < 1.29 is 0 Å². The molecule has 0 saturated heterocycles. The first-order chi connectivity index (χ1) is 19.5. The number of rotatable bonds is 8. The lowest BCUT2D eigenvalue weighted by Crippen LogP contribution is -2.03. The molecule has 3 aromatic heterocycles. The summed E-state index contributed by atoms with van der Waals surface area (Å²) in [5.41, 5.74) is 15.6. The Labute approximate surface area is 241 Å². The summed E-state index contributed by atoms with van der Waals surface area (Å²) in [6.45, 7) is 18.4. The minimum atomic E-state index is 0.444. The second kappa shape index (κ2) is 11.9. The Bertz CT molecular complexity index is 1300. The second-order valence-corrected chi connectivity index (χ2v) is 11.8. The molecule has 2 N–H and O–H groups in total. The number of aromatic nitrogens is 4. The molecule has 0 spiro atoms. The molecule has 3 aromatic rings. The van der Waals surface area contributed by atoms with Crippen LogP contribution in [-0.4, -0.2) is 19.9 Å². The van der Waals surface area contributed by atoms with E-state index in [1.165, 1.54) is 67.1 Å². The number of H-pyrrole nitrogens is 2. The van der Waals surface area contributed by atoms with Crippen LogP contribution in [0.4, 0.5) is 0 Å². The molecule has 4 unspecified atom stereocenters. The Morgan fingerprint density at radius 3 is 0.825 bits per heavy atom. The molecular weight excluding hydrogens is 488 g/mol. The van der Waals surface area contributed by atoms with Gasteiger partial charge in [-0.2, -0.15) is 0 Å². The maximum Gasteiger partial charge on any atom is 0.0465 e. The van der Waals surface area contributed by atoms with Crippen molar-refractivity contribution in [2.24, 2.45) is 0 Å². The Morgan fingerprint density at radius 1 is 0.425 bits per heavy atom. The maximum absolute atomic E-state index is 5.38. The number of aromatic amines is 2. The van der Waals surface area contributed by atoms with Crippen LogP contribution < -0.4 is 0 Å². The third-order valence-electron chi connectivity index (χ3n) is 9.92. The first-order valence-corrected chi connectivity index (χ1v) is 16.2. The van der Waals surface area contributed by atoms with E-state index in [0.717, 1.165) is 51.4 Å². The minimum Gasteiger partial charge on any atom is -0.355 e. The first-order valence-electron chi connectivity index (χ1n) is 16.2. The summed E-state index contributed by atoms with van der Waals surface area (Å²) in [7, 11) is 0. The van der Waals surface area contributed by atoms with E-state index in [0.29, 0.717) is 23.7 Å². The predicted octanol–water partition coefficient (Wildman–Crippen LogP) is 9.94. The normalized spacial score (nSPS) is 20.8. The van der Waals surface area contributed by atoms with Crippen molar-refractivity contribution in [3.63, 3.8) is 0 Å². The minimum absolute atomic E-state index is 0.444. The second-order valence-electron chi connectivity index (χ2n) is 11.8. The van der Waals surface area contributed by atoms with Gasteiger partial charge < -0.3 is 9.97 Å². The van der Waals surface area contributed by atoms with Crippen LogP contribution in [0.1, 0.15) is 150 Å². The summed E-state index contributed by atoms with van der Waals surface area (Å²) in [4.78, 5) is 18.5.